The van der Waals surface area contributed by atoms with Gasteiger partial charge < -0.3 is 15.1 Å². The summed E-state index contributed by atoms with van der Waals surface area (Å²) in [6.07, 6.45) is 3.37. The van der Waals surface area contributed by atoms with Gasteiger partial charge in [-0.25, -0.2) is 4.98 Å². The van der Waals surface area contributed by atoms with E-state index in [1.807, 2.05) is 29.3 Å². The Morgan fingerprint density at radius 3 is 2.67 bits per heavy atom. The maximum atomic E-state index is 12.1. The van der Waals surface area contributed by atoms with E-state index in [4.69, 9.17) is 0 Å². The number of nitrogens with one attached hydrogen (secondary N) is 1. The molecule has 116 valence electrons. The highest BCUT2D eigenvalue weighted by atomic mass is 16.2. The van der Waals surface area contributed by atoms with Crippen molar-refractivity contribution >= 4 is 11.7 Å². The van der Waals surface area contributed by atoms with Crippen molar-refractivity contribution in [2.24, 2.45) is 0 Å². The highest BCUT2D eigenvalue weighted by Gasteiger charge is 2.21. The first kappa shape index (κ1) is 15.8. The van der Waals surface area contributed by atoms with Crippen LogP contribution in [0.5, 0.6) is 0 Å². The molecule has 0 unspecified atom stereocenters. The van der Waals surface area contributed by atoms with Gasteiger partial charge in [0.05, 0.1) is 0 Å². The summed E-state index contributed by atoms with van der Waals surface area (Å²) in [5.41, 5.74) is 0. The average Bonchev–Trinajstić information content (AvgIpc) is 2.52. The van der Waals surface area contributed by atoms with Crippen LogP contribution in [0.4, 0.5) is 5.82 Å². The van der Waals surface area contributed by atoms with Crippen molar-refractivity contribution in [1.82, 2.24) is 15.2 Å². The van der Waals surface area contributed by atoms with Crippen molar-refractivity contribution in [1.29, 1.82) is 0 Å². The van der Waals surface area contributed by atoms with Gasteiger partial charge in [0.1, 0.15) is 5.82 Å². The van der Waals surface area contributed by atoms with Crippen LogP contribution < -0.4 is 10.2 Å². The second-order valence-electron chi connectivity index (χ2n) is 5.77. The zero-order valence-corrected chi connectivity index (χ0v) is 13.1. The molecule has 5 nitrogen and oxygen atoms in total. The predicted octanol–water partition coefficient (Wildman–Crippen LogP) is 1.51. The minimum atomic E-state index is 0.279. The smallest absolute Gasteiger partial charge is 0.222 e. The minimum Gasteiger partial charge on any atom is -0.353 e. The van der Waals surface area contributed by atoms with E-state index in [1.165, 1.54) is 0 Å². The lowest BCUT2D eigenvalue weighted by Crippen LogP contribution is -2.49. The summed E-state index contributed by atoms with van der Waals surface area (Å²) in [7, 11) is 0. The monoisotopic (exact) mass is 290 g/mol. The Morgan fingerprint density at radius 2 is 2.05 bits per heavy atom. The largest absolute Gasteiger partial charge is 0.353 e. The molecule has 5 heteroatoms. The van der Waals surface area contributed by atoms with Crippen LogP contribution in [-0.2, 0) is 4.79 Å². The van der Waals surface area contributed by atoms with Gasteiger partial charge in [-0.15, -0.1) is 0 Å². The third-order valence-electron chi connectivity index (χ3n) is 3.73. The Labute approximate surface area is 127 Å². The van der Waals surface area contributed by atoms with E-state index in [2.05, 4.69) is 29.0 Å². The van der Waals surface area contributed by atoms with Gasteiger partial charge in [-0.3, -0.25) is 4.79 Å². The molecule has 1 N–H and O–H groups in total. The van der Waals surface area contributed by atoms with E-state index >= 15 is 0 Å². The number of amides is 1. The minimum absolute atomic E-state index is 0.279. The first-order valence-corrected chi connectivity index (χ1v) is 7.84. The zero-order chi connectivity index (χ0) is 15.1. The summed E-state index contributed by atoms with van der Waals surface area (Å²) in [6.45, 7) is 8.49. The number of hydrogen-bond acceptors (Lipinski definition) is 4. The molecule has 0 spiro atoms. The Hall–Kier alpha value is -1.62. The quantitative estimate of drug-likeness (QED) is 0.807. The fourth-order valence-corrected chi connectivity index (χ4v) is 2.51. The van der Waals surface area contributed by atoms with Gasteiger partial charge in [-0.2, -0.15) is 0 Å². The molecular formula is C16H26N4O. The lowest BCUT2D eigenvalue weighted by molar-refractivity contribution is -0.131. The molecule has 2 heterocycles. The van der Waals surface area contributed by atoms with Crippen molar-refractivity contribution in [3.63, 3.8) is 0 Å². The molecule has 21 heavy (non-hydrogen) atoms. The van der Waals surface area contributed by atoms with Crippen LogP contribution in [0.3, 0.4) is 0 Å². The molecule has 1 aromatic heterocycles. The van der Waals surface area contributed by atoms with E-state index in [-0.39, 0.29) is 5.91 Å². The van der Waals surface area contributed by atoms with Crippen LogP contribution in [0.25, 0.3) is 0 Å². The average molecular weight is 290 g/mol. The zero-order valence-electron chi connectivity index (χ0n) is 13.1. The van der Waals surface area contributed by atoms with Crippen LogP contribution in [0, 0.1) is 0 Å². The van der Waals surface area contributed by atoms with Gasteiger partial charge in [0, 0.05) is 44.8 Å². The van der Waals surface area contributed by atoms with Crippen LogP contribution >= 0.6 is 0 Å². The summed E-state index contributed by atoms with van der Waals surface area (Å²) >= 11 is 0. The first-order valence-electron chi connectivity index (χ1n) is 7.84. The van der Waals surface area contributed by atoms with Crippen molar-refractivity contribution in [2.45, 2.75) is 32.7 Å². The number of pyridine rings is 1. The highest BCUT2D eigenvalue weighted by molar-refractivity contribution is 5.76. The van der Waals surface area contributed by atoms with E-state index in [9.17, 15) is 4.79 Å². The molecule has 1 saturated heterocycles. The Bertz CT molecular complexity index is 427. The third-order valence-corrected chi connectivity index (χ3v) is 3.73. The molecule has 2 rings (SSSR count). The Morgan fingerprint density at radius 1 is 1.29 bits per heavy atom. The van der Waals surface area contributed by atoms with Gasteiger partial charge in [0.15, 0.2) is 0 Å². The number of rotatable bonds is 6. The lowest BCUT2D eigenvalue weighted by atomic mass is 10.2. The Kier molecular flexibility index (Phi) is 5.99. The van der Waals surface area contributed by atoms with Gasteiger partial charge in [-0.1, -0.05) is 19.9 Å². The molecule has 1 fully saturated rings. The topological polar surface area (TPSA) is 48.5 Å². The van der Waals surface area contributed by atoms with E-state index in [1.54, 1.807) is 0 Å². The highest BCUT2D eigenvalue weighted by Crippen LogP contribution is 2.13. The molecule has 0 atom stereocenters. The van der Waals surface area contributed by atoms with Crippen molar-refractivity contribution in [3.05, 3.63) is 24.4 Å². The number of anilines is 1. The molecule has 1 aliphatic heterocycles. The molecule has 1 aliphatic rings. The third kappa shape index (κ3) is 5.01. The fraction of sp³-hybridized carbons (Fsp3) is 0.625. The fourth-order valence-electron chi connectivity index (χ4n) is 2.51. The van der Waals surface area contributed by atoms with Gasteiger partial charge in [0.25, 0.3) is 0 Å². The van der Waals surface area contributed by atoms with E-state index < -0.39 is 0 Å². The molecule has 0 radical (unpaired) electrons. The normalized spacial score (nSPS) is 15.6. The number of carbonyl (C=O) groups excluding carboxylic acids is 1. The molecule has 1 aromatic rings. The van der Waals surface area contributed by atoms with Crippen LogP contribution in [0.1, 0.15) is 26.7 Å². The number of piperazine rings is 1. The van der Waals surface area contributed by atoms with Crippen molar-refractivity contribution in [2.75, 3.05) is 37.6 Å². The summed E-state index contributed by atoms with van der Waals surface area (Å²) in [5.74, 6) is 1.28. The second-order valence-corrected chi connectivity index (χ2v) is 5.77. The van der Waals surface area contributed by atoms with Crippen LogP contribution in [-0.4, -0.2) is 54.6 Å². The molecule has 0 aromatic carbocycles. The molecule has 1 amide bonds. The van der Waals surface area contributed by atoms with Crippen LogP contribution in [0.15, 0.2) is 24.4 Å². The SMILES string of the molecule is CC(C)NCCCC(=O)N1CCN(c2ccccn2)CC1. The predicted molar refractivity (Wildman–Crippen MR) is 85.4 cm³/mol. The number of aromatic nitrogens is 1. The number of hydrogen-bond donors (Lipinski definition) is 1. The van der Waals surface area contributed by atoms with Crippen molar-refractivity contribution < 1.29 is 4.79 Å². The Balaban J connectivity index is 1.70. The summed E-state index contributed by atoms with van der Waals surface area (Å²) in [4.78, 5) is 20.7. The lowest BCUT2D eigenvalue weighted by Gasteiger charge is -2.35. The summed E-state index contributed by atoms with van der Waals surface area (Å²) in [5, 5.41) is 3.35. The van der Waals surface area contributed by atoms with Gasteiger partial charge in [-0.05, 0) is 25.1 Å². The first-order chi connectivity index (χ1) is 10.2. The maximum absolute atomic E-state index is 12.1. The van der Waals surface area contributed by atoms with E-state index in [0.717, 1.165) is 45.0 Å². The van der Waals surface area contributed by atoms with Crippen LogP contribution in [0.2, 0.25) is 0 Å². The maximum Gasteiger partial charge on any atom is 0.222 e. The summed E-state index contributed by atoms with van der Waals surface area (Å²) < 4.78 is 0. The molecule has 0 saturated carbocycles. The standard InChI is InChI=1S/C16H26N4O/c1-14(2)17-9-5-7-16(21)20-12-10-19(11-13-20)15-6-3-4-8-18-15/h3-4,6,8,14,17H,5,7,9-13H2,1-2H3. The second kappa shape index (κ2) is 7.98. The molecule has 0 aliphatic carbocycles. The summed E-state index contributed by atoms with van der Waals surface area (Å²) in [6, 6.07) is 6.44. The van der Waals surface area contributed by atoms with Gasteiger partial charge in [0.2, 0.25) is 5.91 Å². The van der Waals surface area contributed by atoms with Crippen molar-refractivity contribution in [3.8, 4) is 0 Å². The number of carbonyl (C=O) groups is 1. The van der Waals surface area contributed by atoms with E-state index in [0.29, 0.717) is 12.5 Å². The van der Waals surface area contributed by atoms with Gasteiger partial charge >= 0.3 is 0 Å². The molecular weight excluding hydrogens is 264 g/mol. The number of nitrogens with zero attached hydrogens (tertiary/aromatic N) is 3. The molecule has 0 bridgehead atoms.